The zero-order valence-corrected chi connectivity index (χ0v) is 13.1. The average molecular weight is 310 g/mol. The van der Waals surface area contributed by atoms with Gasteiger partial charge in [0.15, 0.2) is 6.61 Å². The number of likely N-dealkylation sites (N-methyl/N-ethyl adjacent to an activating group) is 1. The summed E-state index contributed by atoms with van der Waals surface area (Å²) in [5.74, 6) is -0.299. The fourth-order valence-corrected chi connectivity index (χ4v) is 2.36. The van der Waals surface area contributed by atoms with Crippen molar-refractivity contribution in [3.05, 3.63) is 30.1 Å². The summed E-state index contributed by atoms with van der Waals surface area (Å²) in [6.07, 6.45) is -0.173. The summed E-state index contributed by atoms with van der Waals surface area (Å²) in [6.45, 7) is 6.50. The van der Waals surface area contributed by atoms with E-state index in [9.17, 15) is 9.18 Å². The minimum atomic E-state index is -0.411. The zero-order valence-electron chi connectivity index (χ0n) is 13.1. The lowest BCUT2D eigenvalue weighted by Crippen LogP contribution is -2.47. The van der Waals surface area contributed by atoms with E-state index in [1.165, 1.54) is 24.3 Å². The molecule has 1 aliphatic rings. The molecule has 0 aromatic heterocycles. The van der Waals surface area contributed by atoms with Crippen molar-refractivity contribution in [3.63, 3.8) is 0 Å². The highest BCUT2D eigenvalue weighted by Crippen LogP contribution is 2.11. The van der Waals surface area contributed by atoms with Gasteiger partial charge in [0.2, 0.25) is 0 Å². The van der Waals surface area contributed by atoms with E-state index < -0.39 is 5.97 Å². The van der Waals surface area contributed by atoms with Crippen LogP contribution in [0.1, 0.15) is 6.92 Å². The van der Waals surface area contributed by atoms with Gasteiger partial charge in [0, 0.05) is 32.7 Å². The van der Waals surface area contributed by atoms with E-state index in [1.807, 2.05) is 6.92 Å². The van der Waals surface area contributed by atoms with Crippen LogP contribution >= 0.6 is 0 Å². The largest absolute Gasteiger partial charge is 0.482 e. The number of ether oxygens (including phenoxy) is 2. The van der Waals surface area contributed by atoms with Gasteiger partial charge in [-0.3, -0.25) is 4.90 Å². The normalized spacial score (nSPS) is 18.0. The number of halogens is 1. The van der Waals surface area contributed by atoms with Crippen LogP contribution in [-0.2, 0) is 9.53 Å². The van der Waals surface area contributed by atoms with Crippen LogP contribution in [0.15, 0.2) is 24.3 Å². The molecular formula is C16H23FN2O3. The molecule has 1 heterocycles. The van der Waals surface area contributed by atoms with Crippen LogP contribution in [0.2, 0.25) is 0 Å². The Bertz CT molecular complexity index is 473. The van der Waals surface area contributed by atoms with Crippen LogP contribution in [0.25, 0.3) is 0 Å². The maximum Gasteiger partial charge on any atom is 0.344 e. The smallest absolute Gasteiger partial charge is 0.344 e. The van der Waals surface area contributed by atoms with E-state index >= 15 is 0 Å². The molecule has 1 atom stereocenters. The minimum Gasteiger partial charge on any atom is -0.482 e. The molecule has 0 spiro atoms. The predicted molar refractivity (Wildman–Crippen MR) is 81.4 cm³/mol. The molecular weight excluding hydrogens is 287 g/mol. The van der Waals surface area contributed by atoms with Crippen molar-refractivity contribution >= 4 is 5.97 Å². The summed E-state index contributed by atoms with van der Waals surface area (Å²) >= 11 is 0. The molecule has 1 aromatic carbocycles. The quantitative estimate of drug-likeness (QED) is 0.743. The molecule has 1 saturated heterocycles. The van der Waals surface area contributed by atoms with E-state index in [0.29, 0.717) is 5.75 Å². The number of carbonyl (C=O) groups excluding carboxylic acids is 1. The van der Waals surface area contributed by atoms with Crippen molar-refractivity contribution in [3.8, 4) is 5.75 Å². The molecule has 1 aliphatic heterocycles. The van der Waals surface area contributed by atoms with Gasteiger partial charge in [-0.2, -0.15) is 0 Å². The molecule has 0 radical (unpaired) electrons. The van der Waals surface area contributed by atoms with Crippen molar-refractivity contribution in [1.29, 1.82) is 0 Å². The van der Waals surface area contributed by atoms with Gasteiger partial charge in [-0.1, -0.05) is 0 Å². The van der Waals surface area contributed by atoms with Crippen LogP contribution in [0.4, 0.5) is 4.39 Å². The topological polar surface area (TPSA) is 42.0 Å². The van der Waals surface area contributed by atoms with E-state index in [0.717, 1.165) is 32.7 Å². The molecule has 6 heteroatoms. The van der Waals surface area contributed by atoms with Gasteiger partial charge < -0.3 is 14.4 Å². The number of piperazine rings is 1. The highest BCUT2D eigenvalue weighted by Gasteiger charge is 2.18. The van der Waals surface area contributed by atoms with Crippen molar-refractivity contribution in [2.75, 3.05) is 46.4 Å². The second-order valence-electron chi connectivity index (χ2n) is 5.65. The number of benzene rings is 1. The average Bonchev–Trinajstić information content (AvgIpc) is 2.49. The molecule has 1 fully saturated rings. The van der Waals surface area contributed by atoms with Crippen LogP contribution in [-0.4, -0.2) is 68.3 Å². The van der Waals surface area contributed by atoms with Crippen molar-refractivity contribution in [1.82, 2.24) is 9.80 Å². The molecule has 2 rings (SSSR count). The molecule has 0 bridgehead atoms. The lowest BCUT2D eigenvalue weighted by Gasteiger charge is -2.33. The number of hydrogen-bond acceptors (Lipinski definition) is 5. The standard InChI is InChI=1S/C16H23FN2O3/c1-13(11-19-9-7-18(2)8-10-19)22-16(20)12-21-15-5-3-14(17)4-6-15/h3-6,13H,7-12H2,1-2H3/t13-/m1/s1. The Kier molecular flexibility index (Phi) is 6.15. The van der Waals surface area contributed by atoms with Crippen LogP contribution in [0.3, 0.4) is 0 Å². The molecule has 5 nitrogen and oxygen atoms in total. The van der Waals surface area contributed by atoms with E-state index in [4.69, 9.17) is 9.47 Å². The summed E-state index contributed by atoms with van der Waals surface area (Å²) < 4.78 is 23.3. The number of rotatable bonds is 6. The lowest BCUT2D eigenvalue weighted by molar-refractivity contribution is -0.151. The Morgan fingerprint density at radius 2 is 1.86 bits per heavy atom. The number of hydrogen-bond donors (Lipinski definition) is 0. The molecule has 122 valence electrons. The van der Waals surface area contributed by atoms with Crippen molar-refractivity contribution in [2.45, 2.75) is 13.0 Å². The summed E-state index contributed by atoms with van der Waals surface area (Å²) in [7, 11) is 2.10. The van der Waals surface area contributed by atoms with E-state index in [-0.39, 0.29) is 18.5 Å². The second kappa shape index (κ2) is 8.10. The van der Waals surface area contributed by atoms with Gasteiger partial charge in [-0.15, -0.1) is 0 Å². The molecule has 0 N–H and O–H groups in total. The predicted octanol–water partition coefficient (Wildman–Crippen LogP) is 1.38. The fraction of sp³-hybridized carbons (Fsp3) is 0.562. The summed E-state index contributed by atoms with van der Waals surface area (Å²) in [4.78, 5) is 16.3. The van der Waals surface area contributed by atoms with Crippen LogP contribution in [0.5, 0.6) is 5.75 Å². The number of nitrogens with zero attached hydrogens (tertiary/aromatic N) is 2. The van der Waals surface area contributed by atoms with Gasteiger partial charge in [0.25, 0.3) is 0 Å². The summed E-state index contributed by atoms with van der Waals surface area (Å²) in [5.41, 5.74) is 0. The van der Waals surface area contributed by atoms with Gasteiger partial charge >= 0.3 is 5.97 Å². The third-order valence-corrected chi connectivity index (χ3v) is 3.61. The lowest BCUT2D eigenvalue weighted by atomic mass is 10.3. The number of esters is 1. The first-order valence-corrected chi connectivity index (χ1v) is 7.51. The molecule has 0 saturated carbocycles. The Hall–Kier alpha value is -1.66. The zero-order chi connectivity index (χ0) is 15.9. The van der Waals surface area contributed by atoms with E-state index in [2.05, 4.69) is 16.8 Å². The first-order valence-electron chi connectivity index (χ1n) is 7.51. The van der Waals surface area contributed by atoms with Gasteiger partial charge in [0.05, 0.1) is 0 Å². The highest BCUT2D eigenvalue weighted by molar-refractivity contribution is 5.71. The van der Waals surface area contributed by atoms with Crippen molar-refractivity contribution < 1.29 is 18.7 Å². The number of carbonyl (C=O) groups is 1. The molecule has 0 aliphatic carbocycles. The van der Waals surface area contributed by atoms with Crippen molar-refractivity contribution in [2.24, 2.45) is 0 Å². The first kappa shape index (κ1) is 16.7. The monoisotopic (exact) mass is 310 g/mol. The Morgan fingerprint density at radius 1 is 1.23 bits per heavy atom. The SMILES string of the molecule is C[C@H](CN1CCN(C)CC1)OC(=O)COc1ccc(F)cc1. The molecule has 1 aromatic rings. The summed E-state index contributed by atoms with van der Waals surface area (Å²) in [5, 5.41) is 0. The first-order chi connectivity index (χ1) is 10.5. The van der Waals surface area contributed by atoms with E-state index in [1.54, 1.807) is 0 Å². The van der Waals surface area contributed by atoms with Crippen LogP contribution < -0.4 is 4.74 Å². The fourth-order valence-electron chi connectivity index (χ4n) is 2.36. The third kappa shape index (κ3) is 5.61. The highest BCUT2D eigenvalue weighted by atomic mass is 19.1. The minimum absolute atomic E-state index is 0.168. The Morgan fingerprint density at radius 3 is 2.50 bits per heavy atom. The maximum atomic E-state index is 12.7. The molecule has 0 unspecified atom stereocenters. The van der Waals surface area contributed by atoms with Gasteiger partial charge in [-0.05, 0) is 38.2 Å². The molecule has 22 heavy (non-hydrogen) atoms. The summed E-state index contributed by atoms with van der Waals surface area (Å²) in [6, 6.07) is 5.54. The maximum absolute atomic E-state index is 12.7. The van der Waals surface area contributed by atoms with Gasteiger partial charge in [0.1, 0.15) is 17.7 Å². The second-order valence-corrected chi connectivity index (χ2v) is 5.65. The third-order valence-electron chi connectivity index (χ3n) is 3.61. The Labute approximate surface area is 130 Å². The molecule has 0 amide bonds. The van der Waals surface area contributed by atoms with Crippen LogP contribution in [0, 0.1) is 5.82 Å². The van der Waals surface area contributed by atoms with Gasteiger partial charge in [-0.25, -0.2) is 9.18 Å². The Balaban J connectivity index is 1.66.